The van der Waals surface area contributed by atoms with Crippen LogP contribution >= 0.6 is 39.0 Å². The Morgan fingerprint density at radius 2 is 2.11 bits per heavy atom. The number of nitrogens with two attached hydrogens (primary N) is 1. The van der Waals surface area contributed by atoms with Crippen molar-refractivity contribution < 1.29 is 0 Å². The minimum atomic E-state index is 0.534. The van der Waals surface area contributed by atoms with Gasteiger partial charge in [-0.05, 0) is 23.8 Å². The minimum absolute atomic E-state index is 0.534. The van der Waals surface area contributed by atoms with Crippen molar-refractivity contribution in [1.29, 1.82) is 0 Å². The molecule has 0 unspecified atom stereocenters. The van der Waals surface area contributed by atoms with Gasteiger partial charge in [0.15, 0.2) is 4.34 Å². The summed E-state index contributed by atoms with van der Waals surface area (Å²) in [6.45, 7) is 0.534. The molecule has 0 atom stereocenters. The van der Waals surface area contributed by atoms with Crippen LogP contribution in [0.3, 0.4) is 0 Å². The SMILES string of the molecule is CN(C)c1nnc(Sc2cc(Br)cc(CN)c2)s1. The van der Waals surface area contributed by atoms with Gasteiger partial charge in [0, 0.05) is 30.0 Å². The molecule has 0 amide bonds. The molecule has 18 heavy (non-hydrogen) atoms. The number of rotatable bonds is 4. The van der Waals surface area contributed by atoms with Gasteiger partial charge in [0.2, 0.25) is 5.13 Å². The number of nitrogens with zero attached hydrogens (tertiary/aromatic N) is 3. The molecule has 1 aromatic carbocycles. The predicted molar refractivity (Wildman–Crippen MR) is 80.4 cm³/mol. The second kappa shape index (κ2) is 6.01. The fourth-order valence-corrected chi connectivity index (χ4v) is 3.88. The molecule has 0 spiro atoms. The lowest BCUT2D eigenvalue weighted by Crippen LogP contribution is -2.07. The monoisotopic (exact) mass is 344 g/mol. The summed E-state index contributed by atoms with van der Waals surface area (Å²) in [6, 6.07) is 6.15. The first-order valence-corrected chi connectivity index (χ1v) is 7.69. The first-order valence-electron chi connectivity index (χ1n) is 5.26. The molecule has 1 aromatic heterocycles. The zero-order valence-electron chi connectivity index (χ0n) is 10.1. The molecule has 0 aliphatic carbocycles. The molecular formula is C11H13BrN4S2. The molecule has 96 valence electrons. The number of halogens is 1. The quantitative estimate of drug-likeness (QED) is 0.923. The Morgan fingerprint density at radius 1 is 1.33 bits per heavy atom. The van der Waals surface area contributed by atoms with Gasteiger partial charge < -0.3 is 10.6 Å². The molecule has 0 aliphatic rings. The third kappa shape index (κ3) is 3.44. The fourth-order valence-electron chi connectivity index (χ4n) is 1.32. The van der Waals surface area contributed by atoms with E-state index in [4.69, 9.17) is 5.73 Å². The van der Waals surface area contributed by atoms with E-state index in [-0.39, 0.29) is 0 Å². The molecule has 7 heteroatoms. The van der Waals surface area contributed by atoms with E-state index in [1.165, 1.54) is 0 Å². The van der Waals surface area contributed by atoms with Crippen LogP contribution in [0.15, 0.2) is 31.9 Å². The summed E-state index contributed by atoms with van der Waals surface area (Å²) in [5, 5.41) is 9.18. The molecule has 4 nitrogen and oxygen atoms in total. The van der Waals surface area contributed by atoms with E-state index in [0.717, 1.165) is 24.4 Å². The van der Waals surface area contributed by atoms with Gasteiger partial charge in [-0.15, -0.1) is 10.2 Å². The highest BCUT2D eigenvalue weighted by Gasteiger charge is 2.08. The average Bonchev–Trinajstić information content (AvgIpc) is 2.76. The normalized spacial score (nSPS) is 10.7. The largest absolute Gasteiger partial charge is 0.353 e. The summed E-state index contributed by atoms with van der Waals surface area (Å²) < 4.78 is 1.96. The van der Waals surface area contributed by atoms with E-state index in [9.17, 15) is 0 Å². The van der Waals surface area contributed by atoms with Crippen LogP contribution < -0.4 is 10.6 Å². The summed E-state index contributed by atoms with van der Waals surface area (Å²) in [5.41, 5.74) is 6.76. The maximum Gasteiger partial charge on any atom is 0.208 e. The Labute approximate surface area is 123 Å². The number of benzene rings is 1. The molecule has 2 N–H and O–H groups in total. The molecule has 2 aromatic rings. The summed E-state index contributed by atoms with van der Waals surface area (Å²) >= 11 is 6.66. The highest BCUT2D eigenvalue weighted by Crippen LogP contribution is 2.34. The summed E-state index contributed by atoms with van der Waals surface area (Å²) in [6.07, 6.45) is 0. The Balaban J connectivity index is 2.19. The second-order valence-electron chi connectivity index (χ2n) is 3.85. The van der Waals surface area contributed by atoms with Crippen LogP contribution in [0, 0.1) is 0 Å². The minimum Gasteiger partial charge on any atom is -0.353 e. The lowest BCUT2D eigenvalue weighted by atomic mass is 10.2. The van der Waals surface area contributed by atoms with Crippen molar-refractivity contribution in [2.45, 2.75) is 15.8 Å². The molecule has 0 radical (unpaired) electrons. The maximum atomic E-state index is 5.66. The summed E-state index contributed by atoms with van der Waals surface area (Å²) in [4.78, 5) is 3.07. The van der Waals surface area contributed by atoms with Gasteiger partial charge in [0.25, 0.3) is 0 Å². The highest BCUT2D eigenvalue weighted by molar-refractivity contribution is 9.10. The Bertz CT molecular complexity index is 542. The van der Waals surface area contributed by atoms with E-state index >= 15 is 0 Å². The summed E-state index contributed by atoms with van der Waals surface area (Å²) in [7, 11) is 3.92. The van der Waals surface area contributed by atoms with Gasteiger partial charge in [0.05, 0.1) is 0 Å². The Morgan fingerprint density at radius 3 is 2.72 bits per heavy atom. The average molecular weight is 345 g/mol. The first kappa shape index (κ1) is 13.8. The van der Waals surface area contributed by atoms with Crippen molar-refractivity contribution in [1.82, 2.24) is 10.2 Å². The van der Waals surface area contributed by atoms with Crippen LogP contribution in [0.5, 0.6) is 0 Å². The van der Waals surface area contributed by atoms with Crippen molar-refractivity contribution in [3.63, 3.8) is 0 Å². The van der Waals surface area contributed by atoms with Crippen LogP contribution in [0.2, 0.25) is 0 Å². The van der Waals surface area contributed by atoms with Gasteiger partial charge >= 0.3 is 0 Å². The van der Waals surface area contributed by atoms with Gasteiger partial charge in [-0.3, -0.25) is 0 Å². The third-order valence-corrected chi connectivity index (χ3v) is 4.72. The van der Waals surface area contributed by atoms with E-state index in [1.807, 2.05) is 25.1 Å². The predicted octanol–water partition coefficient (Wildman–Crippen LogP) is 2.98. The standard InChI is InChI=1S/C11H13BrN4S2/c1-16(2)10-14-15-11(18-10)17-9-4-7(6-13)3-8(12)5-9/h3-5H,6,13H2,1-2H3. The van der Waals surface area contributed by atoms with Crippen LogP contribution in [-0.2, 0) is 6.54 Å². The van der Waals surface area contributed by atoms with Gasteiger partial charge in [-0.1, -0.05) is 39.0 Å². The molecular weight excluding hydrogens is 332 g/mol. The van der Waals surface area contributed by atoms with Crippen LogP contribution in [0.4, 0.5) is 5.13 Å². The molecule has 0 saturated carbocycles. The smallest absolute Gasteiger partial charge is 0.208 e. The number of anilines is 1. The lowest BCUT2D eigenvalue weighted by molar-refractivity contribution is 0.972. The van der Waals surface area contributed by atoms with Crippen molar-refractivity contribution in [2.75, 3.05) is 19.0 Å². The molecule has 0 aliphatic heterocycles. The van der Waals surface area contributed by atoms with Gasteiger partial charge in [-0.2, -0.15) is 0 Å². The molecule has 1 heterocycles. The van der Waals surface area contributed by atoms with E-state index < -0.39 is 0 Å². The molecule has 2 rings (SSSR count). The topological polar surface area (TPSA) is 55.0 Å². The van der Waals surface area contributed by atoms with Crippen LogP contribution in [0.1, 0.15) is 5.56 Å². The van der Waals surface area contributed by atoms with E-state index in [0.29, 0.717) is 6.54 Å². The fraction of sp³-hybridized carbons (Fsp3) is 0.273. The lowest BCUT2D eigenvalue weighted by Gasteiger charge is -2.04. The van der Waals surface area contributed by atoms with E-state index in [1.54, 1.807) is 23.1 Å². The van der Waals surface area contributed by atoms with Crippen molar-refractivity contribution >= 4 is 44.2 Å². The Kier molecular flexibility index (Phi) is 4.60. The molecule has 0 fully saturated rings. The zero-order valence-corrected chi connectivity index (χ0v) is 13.3. The van der Waals surface area contributed by atoms with Crippen LogP contribution in [0.25, 0.3) is 0 Å². The highest BCUT2D eigenvalue weighted by atomic mass is 79.9. The zero-order chi connectivity index (χ0) is 13.1. The Hall–Kier alpha value is -0.630. The number of hydrogen-bond acceptors (Lipinski definition) is 6. The van der Waals surface area contributed by atoms with Gasteiger partial charge in [-0.25, -0.2) is 0 Å². The van der Waals surface area contributed by atoms with Gasteiger partial charge in [0.1, 0.15) is 0 Å². The number of hydrogen-bond donors (Lipinski definition) is 1. The molecule has 0 saturated heterocycles. The van der Waals surface area contributed by atoms with Crippen molar-refractivity contribution in [3.8, 4) is 0 Å². The van der Waals surface area contributed by atoms with Crippen molar-refractivity contribution in [2.24, 2.45) is 5.73 Å². The summed E-state index contributed by atoms with van der Waals surface area (Å²) in [5.74, 6) is 0. The molecule has 0 bridgehead atoms. The number of aromatic nitrogens is 2. The third-order valence-electron chi connectivity index (χ3n) is 2.15. The first-order chi connectivity index (χ1) is 8.58. The second-order valence-corrected chi connectivity index (χ2v) is 7.04. The maximum absolute atomic E-state index is 5.66. The van der Waals surface area contributed by atoms with Crippen LogP contribution in [-0.4, -0.2) is 24.3 Å². The van der Waals surface area contributed by atoms with E-state index in [2.05, 4.69) is 38.3 Å². The van der Waals surface area contributed by atoms with Crippen molar-refractivity contribution in [3.05, 3.63) is 28.2 Å².